The van der Waals surface area contributed by atoms with Crippen molar-refractivity contribution in [3.05, 3.63) is 0 Å². The zero-order chi connectivity index (χ0) is 13.0. The van der Waals surface area contributed by atoms with Gasteiger partial charge in [-0.3, -0.25) is 9.69 Å². The third kappa shape index (κ3) is 5.61. The monoisotopic (exact) mass is 228 g/mol. The van der Waals surface area contributed by atoms with E-state index in [1.807, 2.05) is 20.8 Å². The van der Waals surface area contributed by atoms with Crippen molar-refractivity contribution in [3.63, 3.8) is 0 Å². The van der Waals surface area contributed by atoms with Crippen molar-refractivity contribution in [2.75, 3.05) is 19.6 Å². The van der Waals surface area contributed by atoms with E-state index in [0.29, 0.717) is 18.9 Å². The van der Waals surface area contributed by atoms with Crippen molar-refractivity contribution in [1.29, 1.82) is 0 Å². The summed E-state index contributed by atoms with van der Waals surface area (Å²) < 4.78 is 0. The van der Waals surface area contributed by atoms with Gasteiger partial charge in [-0.15, -0.1) is 0 Å². The largest absolute Gasteiger partial charge is 0.330 e. The normalized spacial score (nSPS) is 13.2. The van der Waals surface area contributed by atoms with E-state index >= 15 is 0 Å². The van der Waals surface area contributed by atoms with Gasteiger partial charge in [-0.2, -0.15) is 0 Å². The van der Waals surface area contributed by atoms with Gasteiger partial charge in [0.15, 0.2) is 5.78 Å². The molecule has 3 nitrogen and oxygen atoms in total. The molecule has 3 heteroatoms. The molecule has 0 atom stereocenters. The molecular weight excluding hydrogens is 200 g/mol. The number of nitrogens with zero attached hydrogens (tertiary/aromatic N) is 1. The molecule has 0 amide bonds. The molecule has 0 heterocycles. The van der Waals surface area contributed by atoms with Crippen LogP contribution in [-0.2, 0) is 4.79 Å². The highest BCUT2D eigenvalue weighted by molar-refractivity contribution is 5.85. The van der Waals surface area contributed by atoms with Crippen LogP contribution in [-0.4, -0.2) is 35.9 Å². The van der Waals surface area contributed by atoms with E-state index in [-0.39, 0.29) is 11.0 Å². The topological polar surface area (TPSA) is 46.3 Å². The highest BCUT2D eigenvalue weighted by atomic mass is 16.1. The predicted molar refractivity (Wildman–Crippen MR) is 69.5 cm³/mol. The molecule has 0 aliphatic carbocycles. The Morgan fingerprint density at radius 2 is 1.62 bits per heavy atom. The van der Waals surface area contributed by atoms with Crippen molar-refractivity contribution in [3.8, 4) is 0 Å². The second-order valence-electron chi connectivity index (χ2n) is 6.41. The van der Waals surface area contributed by atoms with Gasteiger partial charge in [0.1, 0.15) is 0 Å². The van der Waals surface area contributed by atoms with Crippen LogP contribution < -0.4 is 5.73 Å². The summed E-state index contributed by atoms with van der Waals surface area (Å²) in [5, 5.41) is 0. The van der Waals surface area contributed by atoms with Gasteiger partial charge in [0, 0.05) is 17.5 Å². The van der Waals surface area contributed by atoms with Crippen LogP contribution in [0.5, 0.6) is 0 Å². The van der Waals surface area contributed by atoms with Gasteiger partial charge in [0.2, 0.25) is 0 Å². The number of nitrogens with two attached hydrogens (primary N) is 1. The van der Waals surface area contributed by atoms with Gasteiger partial charge in [-0.1, -0.05) is 20.8 Å². The highest BCUT2D eigenvalue weighted by Gasteiger charge is 2.28. The first-order valence-electron chi connectivity index (χ1n) is 6.07. The molecule has 0 spiro atoms. The summed E-state index contributed by atoms with van der Waals surface area (Å²) in [6.07, 6.45) is 0.939. The average Bonchev–Trinajstić information content (AvgIpc) is 2.08. The number of ketones is 1. The van der Waals surface area contributed by atoms with Gasteiger partial charge in [0.05, 0.1) is 6.54 Å². The fourth-order valence-corrected chi connectivity index (χ4v) is 1.34. The Bertz CT molecular complexity index is 223. The first kappa shape index (κ1) is 15.6. The molecule has 0 aliphatic heterocycles. The molecule has 0 aliphatic rings. The predicted octanol–water partition coefficient (Wildman–Crippen LogP) is 2.05. The fraction of sp³-hybridized carbons (Fsp3) is 0.923. The van der Waals surface area contributed by atoms with Gasteiger partial charge < -0.3 is 5.73 Å². The summed E-state index contributed by atoms with van der Waals surface area (Å²) in [5.41, 5.74) is 5.29. The quantitative estimate of drug-likeness (QED) is 0.783. The second kappa shape index (κ2) is 5.78. The number of Topliss-reactive ketones (excluding diaryl/α,β-unsaturated/α-hetero) is 1. The van der Waals surface area contributed by atoms with Gasteiger partial charge >= 0.3 is 0 Å². The van der Waals surface area contributed by atoms with Crippen LogP contribution in [0, 0.1) is 5.41 Å². The first-order valence-corrected chi connectivity index (χ1v) is 6.07. The number of carbonyl (C=O) groups is 1. The Labute approximate surface area is 100 Å². The summed E-state index contributed by atoms with van der Waals surface area (Å²) in [7, 11) is 0. The first-order chi connectivity index (χ1) is 7.09. The highest BCUT2D eigenvalue weighted by Crippen LogP contribution is 2.19. The minimum atomic E-state index is -0.258. The van der Waals surface area contributed by atoms with Crippen LogP contribution in [0.3, 0.4) is 0 Å². The Kier molecular flexibility index (Phi) is 5.63. The minimum absolute atomic E-state index is 0.0239. The van der Waals surface area contributed by atoms with Crippen molar-refractivity contribution in [2.24, 2.45) is 11.1 Å². The maximum absolute atomic E-state index is 12.0. The maximum atomic E-state index is 12.0. The van der Waals surface area contributed by atoms with Gasteiger partial charge in [0.25, 0.3) is 0 Å². The number of rotatable bonds is 5. The fourth-order valence-electron chi connectivity index (χ4n) is 1.34. The zero-order valence-electron chi connectivity index (χ0n) is 11.8. The lowest BCUT2D eigenvalue weighted by Gasteiger charge is -2.36. The van der Waals surface area contributed by atoms with Crippen molar-refractivity contribution < 1.29 is 4.79 Å². The summed E-state index contributed by atoms with van der Waals surface area (Å²) >= 11 is 0. The molecule has 0 saturated heterocycles. The lowest BCUT2D eigenvalue weighted by atomic mass is 9.89. The Balaban J connectivity index is 4.50. The number of hydrogen-bond donors (Lipinski definition) is 1. The van der Waals surface area contributed by atoms with Crippen LogP contribution in [0.2, 0.25) is 0 Å². The molecule has 0 saturated carbocycles. The molecule has 2 N–H and O–H groups in total. The lowest BCUT2D eigenvalue weighted by Crippen LogP contribution is -2.47. The zero-order valence-corrected chi connectivity index (χ0v) is 11.8. The molecule has 96 valence electrons. The van der Waals surface area contributed by atoms with E-state index < -0.39 is 0 Å². The van der Waals surface area contributed by atoms with Gasteiger partial charge in [-0.05, 0) is 33.7 Å². The molecule has 0 fully saturated rings. The molecule has 0 rings (SSSR count). The van der Waals surface area contributed by atoms with Crippen LogP contribution >= 0.6 is 0 Å². The van der Waals surface area contributed by atoms with E-state index in [1.54, 1.807) is 0 Å². The average molecular weight is 228 g/mol. The summed E-state index contributed by atoms with van der Waals surface area (Å²) in [4.78, 5) is 14.2. The minimum Gasteiger partial charge on any atom is -0.330 e. The van der Waals surface area contributed by atoms with E-state index in [1.165, 1.54) is 0 Å². The molecule has 0 aromatic carbocycles. The lowest BCUT2D eigenvalue weighted by molar-refractivity contribution is -0.128. The van der Waals surface area contributed by atoms with Crippen LogP contribution in [0.1, 0.15) is 48.0 Å². The second-order valence-corrected chi connectivity index (χ2v) is 6.41. The summed E-state index contributed by atoms with van der Waals surface area (Å²) in [6.45, 7) is 14.4. The van der Waals surface area contributed by atoms with Crippen LogP contribution in [0.4, 0.5) is 0 Å². The summed E-state index contributed by atoms with van der Waals surface area (Å²) in [5.74, 6) is 0.291. The van der Waals surface area contributed by atoms with E-state index in [0.717, 1.165) is 13.0 Å². The number of carbonyl (C=O) groups excluding carboxylic acids is 1. The van der Waals surface area contributed by atoms with E-state index in [2.05, 4.69) is 25.7 Å². The Morgan fingerprint density at radius 3 is 1.94 bits per heavy atom. The van der Waals surface area contributed by atoms with E-state index in [9.17, 15) is 4.79 Å². The molecule has 0 aromatic heterocycles. The standard InChI is InChI=1S/C13H28N2O/c1-12(2,3)11(16)10-15(9-7-8-14)13(4,5)6/h7-10,14H2,1-6H3. The van der Waals surface area contributed by atoms with Crippen molar-refractivity contribution in [2.45, 2.75) is 53.5 Å². The third-order valence-electron chi connectivity index (χ3n) is 2.75. The Hall–Kier alpha value is -0.410. The summed E-state index contributed by atoms with van der Waals surface area (Å²) in [6, 6.07) is 0. The molecular formula is C13H28N2O. The molecule has 16 heavy (non-hydrogen) atoms. The van der Waals surface area contributed by atoms with Crippen molar-refractivity contribution in [1.82, 2.24) is 4.90 Å². The number of hydrogen-bond acceptors (Lipinski definition) is 3. The van der Waals surface area contributed by atoms with Crippen LogP contribution in [0.15, 0.2) is 0 Å². The molecule has 0 aromatic rings. The molecule has 0 bridgehead atoms. The van der Waals surface area contributed by atoms with Gasteiger partial charge in [-0.25, -0.2) is 0 Å². The van der Waals surface area contributed by atoms with E-state index in [4.69, 9.17) is 5.73 Å². The molecule has 0 radical (unpaired) electrons. The SMILES string of the molecule is CC(C)(C)C(=O)CN(CCCN)C(C)(C)C. The molecule has 0 unspecified atom stereocenters. The smallest absolute Gasteiger partial charge is 0.152 e. The maximum Gasteiger partial charge on any atom is 0.152 e. The van der Waals surface area contributed by atoms with Crippen LogP contribution in [0.25, 0.3) is 0 Å². The Morgan fingerprint density at radius 1 is 1.12 bits per heavy atom. The third-order valence-corrected chi connectivity index (χ3v) is 2.75. The van der Waals surface area contributed by atoms with Crippen molar-refractivity contribution >= 4 is 5.78 Å².